The van der Waals surface area contributed by atoms with E-state index in [9.17, 15) is 9.18 Å². The second-order valence-electron chi connectivity index (χ2n) is 4.45. The predicted molar refractivity (Wildman–Crippen MR) is 64.1 cm³/mol. The fourth-order valence-electron chi connectivity index (χ4n) is 1.07. The van der Waals surface area contributed by atoms with E-state index in [1.165, 1.54) is 12.1 Å². The monoisotopic (exact) mass is 288 g/mol. The molecule has 0 spiro atoms. The van der Waals surface area contributed by atoms with Crippen LogP contribution < -0.4 is 0 Å². The smallest absolute Gasteiger partial charge is 0.191 e. The van der Waals surface area contributed by atoms with Gasteiger partial charge in [0.05, 0.1) is 11.2 Å². The van der Waals surface area contributed by atoms with Gasteiger partial charge in [-0.25, -0.2) is 4.39 Å². The lowest BCUT2D eigenvalue weighted by molar-refractivity contribution is 0.00290. The van der Waals surface area contributed by atoms with Crippen molar-refractivity contribution in [1.29, 1.82) is 0 Å². The molecular weight excluding hydrogens is 275 g/mol. The number of benzene rings is 1. The van der Waals surface area contributed by atoms with Gasteiger partial charge in [-0.15, -0.1) is 0 Å². The van der Waals surface area contributed by atoms with Crippen molar-refractivity contribution in [3.63, 3.8) is 0 Å². The van der Waals surface area contributed by atoms with Gasteiger partial charge in [0.25, 0.3) is 0 Å². The molecule has 0 heterocycles. The molecule has 0 bridgehead atoms. The molecule has 0 fully saturated rings. The first-order valence-corrected chi connectivity index (χ1v) is 5.71. The van der Waals surface area contributed by atoms with Crippen molar-refractivity contribution in [2.45, 2.75) is 26.4 Å². The number of carbonyl (C=O) groups is 1. The lowest BCUT2D eigenvalue weighted by Gasteiger charge is -2.18. The zero-order chi connectivity index (χ0) is 12.3. The Kier molecular flexibility index (Phi) is 4.21. The molecule has 0 radical (unpaired) electrons. The van der Waals surface area contributed by atoms with E-state index in [0.717, 1.165) is 0 Å². The van der Waals surface area contributed by atoms with Gasteiger partial charge in [0.2, 0.25) is 0 Å². The lowest BCUT2D eigenvalue weighted by atomic mass is 10.1. The number of hydrogen-bond donors (Lipinski definition) is 0. The summed E-state index contributed by atoms with van der Waals surface area (Å²) >= 11 is 3.20. The summed E-state index contributed by atoms with van der Waals surface area (Å²) in [7, 11) is 0. The Morgan fingerprint density at radius 2 is 2.06 bits per heavy atom. The number of carbonyl (C=O) groups excluding carboxylic acids is 1. The van der Waals surface area contributed by atoms with Gasteiger partial charge in [0.15, 0.2) is 5.78 Å². The van der Waals surface area contributed by atoms with Crippen LogP contribution in [0.2, 0.25) is 0 Å². The molecule has 0 atom stereocenters. The molecule has 0 aliphatic heterocycles. The molecule has 0 amide bonds. The Morgan fingerprint density at radius 3 is 2.62 bits per heavy atom. The van der Waals surface area contributed by atoms with Gasteiger partial charge in [0.1, 0.15) is 12.4 Å². The molecule has 0 aromatic heterocycles. The van der Waals surface area contributed by atoms with E-state index < -0.39 is 11.4 Å². The lowest BCUT2D eigenvalue weighted by Crippen LogP contribution is -2.24. The highest BCUT2D eigenvalue weighted by atomic mass is 79.9. The zero-order valence-corrected chi connectivity index (χ0v) is 11.1. The maximum Gasteiger partial charge on any atom is 0.191 e. The quantitative estimate of drug-likeness (QED) is 0.795. The van der Waals surface area contributed by atoms with Gasteiger partial charge in [-0.2, -0.15) is 0 Å². The SMILES string of the molecule is CC(C)(C)OCC(=O)c1cc(Br)ccc1F. The Hall–Kier alpha value is -0.740. The van der Waals surface area contributed by atoms with Crippen molar-refractivity contribution in [1.82, 2.24) is 0 Å². The number of Topliss-reactive ketones (excluding diaryl/α,β-unsaturated/α-hetero) is 1. The molecule has 88 valence electrons. The number of hydrogen-bond acceptors (Lipinski definition) is 2. The van der Waals surface area contributed by atoms with Crippen molar-refractivity contribution in [3.05, 3.63) is 34.1 Å². The first kappa shape index (κ1) is 13.3. The van der Waals surface area contributed by atoms with Gasteiger partial charge < -0.3 is 4.74 Å². The fraction of sp³-hybridized carbons (Fsp3) is 0.417. The molecule has 1 aromatic carbocycles. The van der Waals surface area contributed by atoms with Crippen LogP contribution in [0.5, 0.6) is 0 Å². The summed E-state index contributed by atoms with van der Waals surface area (Å²) in [6, 6.07) is 4.27. The summed E-state index contributed by atoms with van der Waals surface area (Å²) in [5.41, 5.74) is -0.350. The maximum absolute atomic E-state index is 13.3. The molecule has 1 aromatic rings. The van der Waals surface area contributed by atoms with Gasteiger partial charge >= 0.3 is 0 Å². The van der Waals surface area contributed by atoms with E-state index in [4.69, 9.17) is 4.74 Å². The first-order chi connectivity index (χ1) is 7.29. The van der Waals surface area contributed by atoms with Crippen LogP contribution >= 0.6 is 15.9 Å². The van der Waals surface area contributed by atoms with E-state index >= 15 is 0 Å². The maximum atomic E-state index is 13.3. The normalized spacial score (nSPS) is 11.6. The van der Waals surface area contributed by atoms with Crippen LogP contribution in [0.25, 0.3) is 0 Å². The van der Waals surface area contributed by atoms with E-state index in [-0.39, 0.29) is 18.0 Å². The third kappa shape index (κ3) is 4.02. The summed E-state index contributed by atoms with van der Waals surface area (Å²) < 4.78 is 19.3. The number of halogens is 2. The highest BCUT2D eigenvalue weighted by Gasteiger charge is 2.16. The van der Waals surface area contributed by atoms with Gasteiger partial charge in [0, 0.05) is 4.47 Å². The molecule has 1 rings (SSSR count). The summed E-state index contributed by atoms with van der Waals surface area (Å²) in [5.74, 6) is -0.876. The molecule has 16 heavy (non-hydrogen) atoms. The third-order valence-corrected chi connectivity index (χ3v) is 2.36. The Morgan fingerprint density at radius 1 is 1.44 bits per heavy atom. The van der Waals surface area contributed by atoms with Crippen LogP contribution in [0, 0.1) is 5.82 Å². The van der Waals surface area contributed by atoms with Crippen LogP contribution in [0.15, 0.2) is 22.7 Å². The van der Waals surface area contributed by atoms with E-state index in [0.29, 0.717) is 4.47 Å². The largest absolute Gasteiger partial charge is 0.368 e. The Bertz CT molecular complexity index is 396. The third-order valence-electron chi connectivity index (χ3n) is 1.87. The second kappa shape index (κ2) is 5.06. The minimum Gasteiger partial charge on any atom is -0.368 e. The van der Waals surface area contributed by atoms with Gasteiger partial charge in [-0.3, -0.25) is 4.79 Å². The number of rotatable bonds is 3. The Balaban J connectivity index is 2.77. The van der Waals surface area contributed by atoms with E-state index in [1.54, 1.807) is 6.07 Å². The molecule has 0 aliphatic carbocycles. The minimum atomic E-state index is -0.522. The second-order valence-corrected chi connectivity index (χ2v) is 5.36. The van der Waals surface area contributed by atoms with Crippen molar-refractivity contribution in [3.8, 4) is 0 Å². The van der Waals surface area contributed by atoms with Gasteiger partial charge in [-0.1, -0.05) is 15.9 Å². The molecule has 2 nitrogen and oxygen atoms in total. The van der Waals surface area contributed by atoms with Gasteiger partial charge in [-0.05, 0) is 39.0 Å². The average molecular weight is 289 g/mol. The highest BCUT2D eigenvalue weighted by Crippen LogP contribution is 2.17. The van der Waals surface area contributed by atoms with Crippen LogP contribution in [0.3, 0.4) is 0 Å². The molecule has 0 saturated heterocycles. The molecule has 0 N–H and O–H groups in total. The molecule has 0 aliphatic rings. The van der Waals surface area contributed by atoms with Crippen LogP contribution in [-0.2, 0) is 4.74 Å². The summed E-state index contributed by atoms with van der Waals surface area (Å²) in [4.78, 5) is 11.7. The number of ether oxygens (including phenoxy) is 1. The van der Waals surface area contributed by atoms with E-state index in [2.05, 4.69) is 15.9 Å². The summed E-state index contributed by atoms with van der Waals surface area (Å²) in [6.45, 7) is 5.42. The van der Waals surface area contributed by atoms with Crippen LogP contribution in [0.4, 0.5) is 4.39 Å². The first-order valence-electron chi connectivity index (χ1n) is 4.92. The predicted octanol–water partition coefficient (Wildman–Crippen LogP) is 3.59. The van der Waals surface area contributed by atoms with Crippen LogP contribution in [0.1, 0.15) is 31.1 Å². The molecule has 0 unspecified atom stereocenters. The van der Waals surface area contributed by atoms with Crippen molar-refractivity contribution in [2.75, 3.05) is 6.61 Å². The highest BCUT2D eigenvalue weighted by molar-refractivity contribution is 9.10. The molecule has 4 heteroatoms. The molecular formula is C12H14BrFO2. The summed E-state index contributed by atoms with van der Waals surface area (Å²) in [6.07, 6.45) is 0. The van der Waals surface area contributed by atoms with E-state index in [1.807, 2.05) is 20.8 Å². The van der Waals surface area contributed by atoms with Crippen molar-refractivity contribution >= 4 is 21.7 Å². The summed E-state index contributed by atoms with van der Waals surface area (Å²) in [5, 5.41) is 0. The standard InChI is InChI=1S/C12H14BrFO2/c1-12(2,3)16-7-11(15)9-6-8(13)4-5-10(9)14/h4-6H,7H2,1-3H3. The minimum absolute atomic E-state index is 0.0543. The van der Waals surface area contributed by atoms with Crippen LogP contribution in [-0.4, -0.2) is 18.0 Å². The van der Waals surface area contributed by atoms with Crippen molar-refractivity contribution < 1.29 is 13.9 Å². The fourth-order valence-corrected chi connectivity index (χ4v) is 1.43. The zero-order valence-electron chi connectivity index (χ0n) is 9.51. The Labute approximate surface area is 103 Å². The molecule has 0 saturated carbocycles. The number of ketones is 1. The van der Waals surface area contributed by atoms with Crippen molar-refractivity contribution in [2.24, 2.45) is 0 Å². The topological polar surface area (TPSA) is 26.3 Å². The average Bonchev–Trinajstić information content (AvgIpc) is 2.17.